The predicted molar refractivity (Wildman–Crippen MR) is 121 cm³/mol. The molecule has 1 N–H and O–H groups in total. The SMILES string of the molecule is COc1cc(OC)c(OC)cc1C=C1Oc2c(ccc(O)c2CN2CCC[C@H](C)C2)C1=O. The summed E-state index contributed by atoms with van der Waals surface area (Å²) in [5, 5.41) is 10.6. The van der Waals surface area contributed by atoms with Crippen LogP contribution in [0.25, 0.3) is 6.08 Å². The maximum Gasteiger partial charge on any atom is 0.231 e. The number of hydrogen-bond donors (Lipinski definition) is 1. The zero-order valence-corrected chi connectivity index (χ0v) is 18.9. The fourth-order valence-corrected chi connectivity index (χ4v) is 4.41. The van der Waals surface area contributed by atoms with Crippen molar-refractivity contribution in [2.45, 2.75) is 26.3 Å². The third-order valence-corrected chi connectivity index (χ3v) is 6.06. The highest BCUT2D eigenvalue weighted by Gasteiger charge is 2.32. The number of phenols is 1. The lowest BCUT2D eigenvalue weighted by molar-refractivity contribution is 0.101. The van der Waals surface area contributed by atoms with Crippen LogP contribution in [0.4, 0.5) is 0 Å². The highest BCUT2D eigenvalue weighted by molar-refractivity contribution is 6.15. The van der Waals surface area contributed by atoms with Crippen molar-refractivity contribution in [3.63, 3.8) is 0 Å². The first-order valence-electron chi connectivity index (χ1n) is 10.8. The van der Waals surface area contributed by atoms with Crippen molar-refractivity contribution in [3.05, 3.63) is 46.7 Å². The van der Waals surface area contributed by atoms with E-state index in [2.05, 4.69) is 11.8 Å². The first kappa shape index (κ1) is 22.0. The summed E-state index contributed by atoms with van der Waals surface area (Å²) >= 11 is 0. The molecule has 2 aliphatic rings. The minimum Gasteiger partial charge on any atom is -0.507 e. The number of hydrogen-bond acceptors (Lipinski definition) is 7. The number of Topliss-reactive ketones (excluding diaryl/α,β-unsaturated/α-hetero) is 1. The molecule has 2 aromatic carbocycles. The van der Waals surface area contributed by atoms with Gasteiger partial charge in [-0.25, -0.2) is 0 Å². The maximum absolute atomic E-state index is 13.1. The van der Waals surface area contributed by atoms with Crippen LogP contribution in [-0.2, 0) is 6.54 Å². The van der Waals surface area contributed by atoms with Crippen molar-refractivity contribution in [3.8, 4) is 28.7 Å². The van der Waals surface area contributed by atoms with Gasteiger partial charge in [-0.2, -0.15) is 0 Å². The van der Waals surface area contributed by atoms with E-state index < -0.39 is 0 Å². The van der Waals surface area contributed by atoms with Crippen LogP contribution in [0, 0.1) is 5.92 Å². The Morgan fingerprint density at radius 2 is 1.84 bits per heavy atom. The van der Waals surface area contributed by atoms with E-state index in [0.29, 0.717) is 52.2 Å². The average Bonchev–Trinajstić information content (AvgIpc) is 3.10. The van der Waals surface area contributed by atoms with E-state index in [4.69, 9.17) is 18.9 Å². The summed E-state index contributed by atoms with van der Waals surface area (Å²) in [5.41, 5.74) is 1.72. The zero-order chi connectivity index (χ0) is 22.8. The van der Waals surface area contributed by atoms with E-state index in [1.165, 1.54) is 6.42 Å². The lowest BCUT2D eigenvalue weighted by Crippen LogP contribution is -2.33. The van der Waals surface area contributed by atoms with Crippen molar-refractivity contribution in [1.82, 2.24) is 4.90 Å². The summed E-state index contributed by atoms with van der Waals surface area (Å²) in [6, 6.07) is 6.62. The van der Waals surface area contributed by atoms with Crippen LogP contribution in [0.15, 0.2) is 30.0 Å². The number of piperidine rings is 1. The lowest BCUT2D eigenvalue weighted by Gasteiger charge is -2.31. The topological polar surface area (TPSA) is 77.5 Å². The smallest absolute Gasteiger partial charge is 0.231 e. The van der Waals surface area contributed by atoms with Crippen LogP contribution >= 0.6 is 0 Å². The van der Waals surface area contributed by atoms with Crippen LogP contribution < -0.4 is 18.9 Å². The average molecular weight is 440 g/mol. The number of likely N-dealkylation sites (tertiary alicyclic amines) is 1. The Balaban J connectivity index is 1.68. The lowest BCUT2D eigenvalue weighted by atomic mass is 9.99. The molecule has 2 aliphatic heterocycles. The van der Waals surface area contributed by atoms with Crippen LogP contribution in [0.1, 0.15) is 41.3 Å². The summed E-state index contributed by atoms with van der Waals surface area (Å²) in [5.74, 6) is 2.68. The number of carbonyl (C=O) groups is 1. The van der Waals surface area contributed by atoms with E-state index >= 15 is 0 Å². The molecule has 1 atom stereocenters. The fourth-order valence-electron chi connectivity index (χ4n) is 4.41. The Morgan fingerprint density at radius 1 is 1.12 bits per heavy atom. The molecule has 170 valence electrons. The van der Waals surface area contributed by atoms with Gasteiger partial charge >= 0.3 is 0 Å². The Labute approximate surface area is 188 Å². The van der Waals surface area contributed by atoms with Crippen molar-refractivity contribution < 1.29 is 28.8 Å². The molecule has 0 radical (unpaired) electrons. The summed E-state index contributed by atoms with van der Waals surface area (Å²) in [6.45, 7) is 4.70. The number of allylic oxidation sites excluding steroid dienone is 1. The molecule has 2 heterocycles. The Kier molecular flexibility index (Phi) is 6.28. The number of phenolic OH excluding ortho intramolecular Hbond substituents is 1. The van der Waals surface area contributed by atoms with Gasteiger partial charge in [0.1, 0.15) is 17.2 Å². The van der Waals surface area contributed by atoms with Gasteiger partial charge in [0.05, 0.1) is 32.5 Å². The van der Waals surface area contributed by atoms with Gasteiger partial charge in [-0.1, -0.05) is 6.92 Å². The summed E-state index contributed by atoms with van der Waals surface area (Å²) < 4.78 is 22.2. The third-order valence-electron chi connectivity index (χ3n) is 6.06. The van der Waals surface area contributed by atoms with Crippen LogP contribution in [0.2, 0.25) is 0 Å². The standard InChI is InChI=1S/C25H29NO6/c1-15-6-5-9-26(13-15)14-18-19(27)8-7-17-24(28)23(32-25(17)18)11-16-10-21(30-3)22(31-4)12-20(16)29-2/h7-8,10-12,15,27H,5-6,9,13-14H2,1-4H3/t15-/m0/s1. The second-order valence-corrected chi connectivity index (χ2v) is 8.31. The maximum atomic E-state index is 13.1. The van der Waals surface area contributed by atoms with Crippen molar-refractivity contribution in [2.24, 2.45) is 5.92 Å². The van der Waals surface area contributed by atoms with Crippen molar-refractivity contribution in [1.29, 1.82) is 0 Å². The normalized spacial score (nSPS) is 19.6. The molecule has 0 saturated carbocycles. The van der Waals surface area contributed by atoms with Crippen LogP contribution in [0.3, 0.4) is 0 Å². The van der Waals surface area contributed by atoms with Gasteiger partial charge in [0, 0.05) is 24.7 Å². The molecule has 7 heteroatoms. The quantitative estimate of drug-likeness (QED) is 0.674. The highest BCUT2D eigenvalue weighted by atomic mass is 16.5. The molecular formula is C25H29NO6. The molecule has 2 aromatic rings. The van der Waals surface area contributed by atoms with Gasteiger partial charge in [0.2, 0.25) is 5.78 Å². The minimum absolute atomic E-state index is 0.139. The summed E-state index contributed by atoms with van der Waals surface area (Å²) in [7, 11) is 4.64. The minimum atomic E-state index is -0.231. The number of ketones is 1. The van der Waals surface area contributed by atoms with Gasteiger partial charge in [0.15, 0.2) is 17.3 Å². The van der Waals surface area contributed by atoms with Gasteiger partial charge in [-0.3, -0.25) is 9.69 Å². The predicted octanol–water partition coefficient (Wildman–Crippen LogP) is 4.27. The van der Waals surface area contributed by atoms with E-state index in [1.807, 2.05) is 0 Å². The molecule has 7 nitrogen and oxygen atoms in total. The van der Waals surface area contributed by atoms with Crippen LogP contribution in [-0.4, -0.2) is 50.2 Å². The second-order valence-electron chi connectivity index (χ2n) is 8.31. The molecule has 1 saturated heterocycles. The van der Waals surface area contributed by atoms with E-state index in [1.54, 1.807) is 51.7 Å². The Morgan fingerprint density at radius 3 is 2.53 bits per heavy atom. The number of nitrogens with zero attached hydrogens (tertiary/aromatic N) is 1. The molecule has 1 fully saturated rings. The molecule has 0 aliphatic carbocycles. The van der Waals surface area contributed by atoms with Gasteiger partial charge in [-0.05, 0) is 49.6 Å². The number of carbonyl (C=O) groups excluding carboxylic acids is 1. The summed E-state index contributed by atoms with van der Waals surface area (Å²) in [6.07, 6.45) is 3.97. The number of benzene rings is 2. The highest BCUT2D eigenvalue weighted by Crippen LogP contribution is 2.42. The molecule has 0 unspecified atom stereocenters. The second kappa shape index (κ2) is 9.12. The number of aromatic hydroxyl groups is 1. The number of methoxy groups -OCH3 is 3. The fraction of sp³-hybridized carbons (Fsp3) is 0.400. The van der Waals surface area contributed by atoms with E-state index in [9.17, 15) is 9.90 Å². The molecule has 32 heavy (non-hydrogen) atoms. The number of rotatable bonds is 6. The molecule has 0 spiro atoms. The molecule has 4 rings (SSSR count). The van der Waals surface area contributed by atoms with Gasteiger partial charge < -0.3 is 24.1 Å². The van der Waals surface area contributed by atoms with Gasteiger partial charge in [0.25, 0.3) is 0 Å². The molecule has 0 amide bonds. The molecular weight excluding hydrogens is 410 g/mol. The third kappa shape index (κ3) is 4.12. The van der Waals surface area contributed by atoms with Gasteiger partial charge in [-0.15, -0.1) is 0 Å². The molecule has 0 bridgehead atoms. The first-order chi connectivity index (χ1) is 15.4. The van der Waals surface area contributed by atoms with Crippen molar-refractivity contribution in [2.75, 3.05) is 34.4 Å². The zero-order valence-electron chi connectivity index (χ0n) is 18.9. The van der Waals surface area contributed by atoms with Crippen molar-refractivity contribution >= 4 is 11.9 Å². The number of ether oxygens (including phenoxy) is 4. The molecule has 0 aromatic heterocycles. The van der Waals surface area contributed by atoms with E-state index in [-0.39, 0.29) is 17.3 Å². The number of fused-ring (bicyclic) bond motifs is 1. The first-order valence-corrected chi connectivity index (χ1v) is 10.8. The largest absolute Gasteiger partial charge is 0.507 e. The van der Waals surface area contributed by atoms with Crippen LogP contribution in [0.5, 0.6) is 28.7 Å². The summed E-state index contributed by atoms with van der Waals surface area (Å²) in [4.78, 5) is 15.4. The Bertz CT molecular complexity index is 1060. The van der Waals surface area contributed by atoms with E-state index in [0.717, 1.165) is 19.5 Å². The monoisotopic (exact) mass is 439 g/mol. The Hall–Kier alpha value is -3.19.